The molecule has 0 nitrogen and oxygen atoms in total. The van der Waals surface area contributed by atoms with Gasteiger partial charge in [0.05, 0.1) is 0 Å². The highest BCUT2D eigenvalue weighted by Gasteiger charge is 2.14. The van der Waals surface area contributed by atoms with Gasteiger partial charge >= 0.3 is 0 Å². The van der Waals surface area contributed by atoms with Crippen molar-refractivity contribution < 1.29 is 0 Å². The van der Waals surface area contributed by atoms with E-state index in [0.717, 1.165) is 0 Å². The van der Waals surface area contributed by atoms with Crippen LogP contribution in [-0.4, -0.2) is 0 Å². The summed E-state index contributed by atoms with van der Waals surface area (Å²) in [4.78, 5) is 0. The molecule has 0 fully saturated rings. The molecule has 1 unspecified atom stereocenters. The Balaban J connectivity index is 2.09. The molecule has 3 rings (SSSR count). The van der Waals surface area contributed by atoms with Crippen LogP contribution in [0.1, 0.15) is 46.2 Å². The van der Waals surface area contributed by atoms with Crippen LogP contribution >= 0.6 is 0 Å². The molecule has 0 aliphatic rings. The summed E-state index contributed by atoms with van der Waals surface area (Å²) in [6, 6.07) is 26.3. The van der Waals surface area contributed by atoms with Crippen LogP contribution in [0.15, 0.2) is 72.8 Å². The van der Waals surface area contributed by atoms with E-state index in [0.29, 0.717) is 5.92 Å². The van der Waals surface area contributed by atoms with Gasteiger partial charge in [-0.25, -0.2) is 0 Å². The van der Waals surface area contributed by atoms with Crippen LogP contribution in [0.5, 0.6) is 0 Å². The van der Waals surface area contributed by atoms with E-state index in [1.54, 1.807) is 0 Å². The van der Waals surface area contributed by atoms with Gasteiger partial charge in [-0.05, 0) is 48.6 Å². The molecule has 3 aromatic rings. The molecule has 0 bridgehead atoms. The Labute approximate surface area is 151 Å². The van der Waals surface area contributed by atoms with Crippen molar-refractivity contribution in [3.63, 3.8) is 0 Å². The molecule has 0 saturated heterocycles. The molecule has 0 aromatic heterocycles. The minimum absolute atomic E-state index is 0.337. The van der Waals surface area contributed by atoms with Gasteiger partial charge in [0, 0.05) is 5.92 Å². The van der Waals surface area contributed by atoms with Crippen molar-refractivity contribution in [3.05, 3.63) is 106 Å². The highest BCUT2D eigenvalue weighted by atomic mass is 14.2. The largest absolute Gasteiger partial charge is 0.0622 e. The minimum atomic E-state index is 0.337. The van der Waals surface area contributed by atoms with Crippen molar-refractivity contribution in [2.45, 2.75) is 33.6 Å². The highest BCUT2D eigenvalue weighted by Crippen LogP contribution is 2.34. The molecule has 0 saturated carbocycles. The maximum atomic E-state index is 2.36. The summed E-state index contributed by atoms with van der Waals surface area (Å²) in [5, 5.41) is 0. The lowest BCUT2D eigenvalue weighted by molar-refractivity contribution is 0.991. The van der Waals surface area contributed by atoms with Gasteiger partial charge in [0.15, 0.2) is 0 Å². The van der Waals surface area contributed by atoms with Gasteiger partial charge in [-0.3, -0.25) is 0 Å². The van der Waals surface area contributed by atoms with E-state index in [4.69, 9.17) is 0 Å². The maximum absolute atomic E-state index is 2.36. The van der Waals surface area contributed by atoms with E-state index in [1.807, 2.05) is 0 Å². The second-order valence-electron chi connectivity index (χ2n) is 6.96. The molecule has 0 radical (unpaired) electrons. The summed E-state index contributed by atoms with van der Waals surface area (Å²) < 4.78 is 0. The van der Waals surface area contributed by atoms with Crippen LogP contribution < -0.4 is 0 Å². The summed E-state index contributed by atoms with van der Waals surface area (Å²) in [6.45, 7) is 8.77. The predicted octanol–water partition coefficient (Wildman–Crippen LogP) is 6.96. The van der Waals surface area contributed by atoms with E-state index < -0.39 is 0 Å². The number of hydrogen-bond acceptors (Lipinski definition) is 0. The topological polar surface area (TPSA) is 0 Å². The average molecular weight is 326 g/mol. The lowest BCUT2D eigenvalue weighted by Crippen LogP contribution is -1.99. The van der Waals surface area contributed by atoms with Gasteiger partial charge in [-0.1, -0.05) is 96.9 Å². The zero-order chi connectivity index (χ0) is 17.8. The third kappa shape index (κ3) is 4.09. The van der Waals surface area contributed by atoms with Crippen LogP contribution in [0.25, 0.3) is 11.6 Å². The Morgan fingerprint density at radius 3 is 2.04 bits per heavy atom. The monoisotopic (exact) mass is 326 g/mol. The molecule has 0 aliphatic heterocycles. The second kappa shape index (κ2) is 7.53. The lowest BCUT2D eigenvalue weighted by atomic mass is 9.86. The SMILES string of the molecule is Cc1ccc(C(C)/C(=C\c2ccc(C)cc2C)c2ccccc2)cc1. The van der Waals surface area contributed by atoms with Gasteiger partial charge in [-0.2, -0.15) is 0 Å². The van der Waals surface area contributed by atoms with Gasteiger partial charge < -0.3 is 0 Å². The molecule has 0 spiro atoms. The van der Waals surface area contributed by atoms with Gasteiger partial charge in [0.25, 0.3) is 0 Å². The van der Waals surface area contributed by atoms with Crippen molar-refractivity contribution in [1.82, 2.24) is 0 Å². The molecule has 0 heterocycles. The van der Waals surface area contributed by atoms with E-state index in [-0.39, 0.29) is 0 Å². The zero-order valence-electron chi connectivity index (χ0n) is 15.6. The predicted molar refractivity (Wildman–Crippen MR) is 110 cm³/mol. The molecule has 0 N–H and O–H groups in total. The molecule has 0 heteroatoms. The number of aryl methyl sites for hydroxylation is 3. The first kappa shape index (κ1) is 17.2. The van der Waals surface area contributed by atoms with Crippen LogP contribution in [0.4, 0.5) is 0 Å². The van der Waals surface area contributed by atoms with Crippen molar-refractivity contribution in [2.75, 3.05) is 0 Å². The molecule has 25 heavy (non-hydrogen) atoms. The third-order valence-electron chi connectivity index (χ3n) is 4.89. The van der Waals surface area contributed by atoms with Crippen molar-refractivity contribution in [2.24, 2.45) is 0 Å². The summed E-state index contributed by atoms with van der Waals surface area (Å²) in [5.74, 6) is 0.337. The standard InChI is InChI=1S/C25H26/c1-18-10-13-22(14-11-18)21(4)25(23-8-6-5-7-9-23)17-24-15-12-19(2)16-20(24)3/h5-17,21H,1-4H3/b25-17+. The van der Waals surface area contributed by atoms with E-state index >= 15 is 0 Å². The molecule has 126 valence electrons. The lowest BCUT2D eigenvalue weighted by Gasteiger charge is -2.18. The van der Waals surface area contributed by atoms with Gasteiger partial charge in [0.2, 0.25) is 0 Å². The highest BCUT2D eigenvalue weighted by molar-refractivity contribution is 5.85. The van der Waals surface area contributed by atoms with Gasteiger partial charge in [0.1, 0.15) is 0 Å². The zero-order valence-corrected chi connectivity index (χ0v) is 15.6. The number of rotatable bonds is 4. The quantitative estimate of drug-likeness (QED) is 0.455. The first-order chi connectivity index (χ1) is 12.0. The fourth-order valence-electron chi connectivity index (χ4n) is 3.28. The first-order valence-electron chi connectivity index (χ1n) is 8.95. The van der Waals surface area contributed by atoms with Crippen LogP contribution in [0, 0.1) is 20.8 Å². The molecular weight excluding hydrogens is 300 g/mol. The first-order valence-corrected chi connectivity index (χ1v) is 8.95. The number of allylic oxidation sites excluding steroid dienone is 1. The number of benzene rings is 3. The Morgan fingerprint density at radius 1 is 0.760 bits per heavy atom. The Morgan fingerprint density at radius 2 is 1.40 bits per heavy atom. The summed E-state index contributed by atoms with van der Waals surface area (Å²) in [6.07, 6.45) is 2.36. The fraction of sp³-hybridized carbons (Fsp3) is 0.200. The van der Waals surface area contributed by atoms with Crippen molar-refractivity contribution >= 4 is 11.6 Å². The van der Waals surface area contributed by atoms with Crippen LogP contribution in [-0.2, 0) is 0 Å². The summed E-state index contributed by atoms with van der Waals surface area (Å²) >= 11 is 0. The second-order valence-corrected chi connectivity index (χ2v) is 6.96. The van der Waals surface area contributed by atoms with Crippen molar-refractivity contribution in [1.29, 1.82) is 0 Å². The van der Waals surface area contributed by atoms with E-state index in [9.17, 15) is 0 Å². The maximum Gasteiger partial charge on any atom is 0.00671 e. The smallest absolute Gasteiger partial charge is 0.00671 e. The van der Waals surface area contributed by atoms with E-state index in [1.165, 1.54) is 39.0 Å². The normalized spacial score (nSPS) is 12.9. The molecule has 1 atom stereocenters. The molecule has 0 amide bonds. The van der Waals surface area contributed by atoms with Gasteiger partial charge in [-0.15, -0.1) is 0 Å². The van der Waals surface area contributed by atoms with Crippen molar-refractivity contribution in [3.8, 4) is 0 Å². The minimum Gasteiger partial charge on any atom is -0.0622 e. The molecule has 0 aliphatic carbocycles. The molecular formula is C25H26. The summed E-state index contributed by atoms with van der Waals surface area (Å²) in [5.41, 5.74) is 9.23. The van der Waals surface area contributed by atoms with Crippen LogP contribution in [0.2, 0.25) is 0 Å². The average Bonchev–Trinajstić information content (AvgIpc) is 2.62. The van der Waals surface area contributed by atoms with Crippen LogP contribution in [0.3, 0.4) is 0 Å². The molecule has 3 aromatic carbocycles. The Kier molecular flexibility index (Phi) is 5.19. The summed E-state index contributed by atoms with van der Waals surface area (Å²) in [7, 11) is 0. The Hall–Kier alpha value is -2.60. The Bertz CT molecular complexity index is 868. The third-order valence-corrected chi connectivity index (χ3v) is 4.89. The van der Waals surface area contributed by atoms with E-state index in [2.05, 4.69) is 107 Å². The fourth-order valence-corrected chi connectivity index (χ4v) is 3.28. The number of hydrogen-bond donors (Lipinski definition) is 0.